The summed E-state index contributed by atoms with van der Waals surface area (Å²) in [5.74, 6) is -0.0605. The first kappa shape index (κ1) is 14.7. The van der Waals surface area contributed by atoms with Gasteiger partial charge in [-0.05, 0) is 31.0 Å². The number of hydrogen-bond donors (Lipinski definition) is 2. The number of hydrogen-bond acceptors (Lipinski definition) is 4. The molecule has 3 N–H and O–H groups in total. The molecular weight excluding hydrogens is 276 g/mol. The van der Waals surface area contributed by atoms with Gasteiger partial charge in [0, 0.05) is 18.0 Å². The van der Waals surface area contributed by atoms with Crippen molar-refractivity contribution < 1.29 is 14.7 Å². The highest BCUT2D eigenvalue weighted by Gasteiger charge is 2.26. The second-order valence-electron chi connectivity index (χ2n) is 4.87. The van der Waals surface area contributed by atoms with Gasteiger partial charge in [0.1, 0.15) is 5.75 Å². The molecule has 5 nitrogen and oxygen atoms in total. The molecule has 0 saturated carbocycles. The highest BCUT2D eigenvalue weighted by Crippen LogP contribution is 2.23. The molecular formula is C14H18N2O3S. The smallest absolute Gasteiger partial charge is 0.232 e. The van der Waals surface area contributed by atoms with Crippen LogP contribution in [0.3, 0.4) is 0 Å². The van der Waals surface area contributed by atoms with Crippen LogP contribution in [0.25, 0.3) is 0 Å². The van der Waals surface area contributed by atoms with E-state index in [2.05, 4.69) is 0 Å². The van der Waals surface area contributed by atoms with Gasteiger partial charge in [-0.15, -0.1) is 11.8 Å². The van der Waals surface area contributed by atoms with E-state index < -0.39 is 0 Å². The highest BCUT2D eigenvalue weighted by molar-refractivity contribution is 8.00. The molecule has 0 radical (unpaired) electrons. The molecule has 1 aromatic rings. The van der Waals surface area contributed by atoms with Crippen LogP contribution >= 0.6 is 11.8 Å². The molecule has 1 fully saturated rings. The van der Waals surface area contributed by atoms with Gasteiger partial charge < -0.3 is 15.7 Å². The van der Waals surface area contributed by atoms with Crippen LogP contribution in [0.1, 0.15) is 12.8 Å². The van der Waals surface area contributed by atoms with E-state index in [9.17, 15) is 14.7 Å². The van der Waals surface area contributed by atoms with Crippen LogP contribution in [0, 0.1) is 5.92 Å². The lowest BCUT2D eigenvalue weighted by atomic mass is 9.97. The van der Waals surface area contributed by atoms with E-state index in [1.807, 2.05) is 6.07 Å². The number of rotatable bonds is 4. The molecule has 2 amide bonds. The number of thioether (sulfide) groups is 1. The summed E-state index contributed by atoms with van der Waals surface area (Å²) in [4.78, 5) is 25.9. The Morgan fingerprint density at radius 3 is 2.95 bits per heavy atom. The second-order valence-corrected chi connectivity index (χ2v) is 5.92. The summed E-state index contributed by atoms with van der Waals surface area (Å²) in [5, 5.41) is 9.36. The maximum Gasteiger partial charge on any atom is 0.232 e. The van der Waals surface area contributed by atoms with Crippen LogP contribution in [0.5, 0.6) is 5.75 Å². The minimum Gasteiger partial charge on any atom is -0.508 e. The summed E-state index contributed by atoms with van der Waals surface area (Å²) in [6.45, 7) is 1.11. The number of primary amides is 1. The normalized spacial score (nSPS) is 18.8. The number of piperidine rings is 1. The number of carbonyl (C=O) groups excluding carboxylic acids is 2. The lowest BCUT2D eigenvalue weighted by Gasteiger charge is -2.31. The fraction of sp³-hybridized carbons (Fsp3) is 0.429. The van der Waals surface area contributed by atoms with E-state index in [0.717, 1.165) is 17.7 Å². The molecule has 0 bridgehead atoms. The SMILES string of the molecule is NC(=O)C1CCCN(C(=O)CSc2cccc(O)c2)C1. The van der Waals surface area contributed by atoms with Gasteiger partial charge in [-0.3, -0.25) is 9.59 Å². The summed E-state index contributed by atoms with van der Waals surface area (Å²) in [6.07, 6.45) is 1.58. The van der Waals surface area contributed by atoms with Crippen LogP contribution in [-0.4, -0.2) is 40.7 Å². The van der Waals surface area contributed by atoms with Crippen LogP contribution < -0.4 is 5.73 Å². The predicted molar refractivity (Wildman–Crippen MR) is 77.3 cm³/mol. The van der Waals surface area contributed by atoms with Crippen molar-refractivity contribution in [1.29, 1.82) is 0 Å². The van der Waals surface area contributed by atoms with Crippen LogP contribution in [0.15, 0.2) is 29.2 Å². The lowest BCUT2D eigenvalue weighted by Crippen LogP contribution is -2.44. The third kappa shape index (κ3) is 3.90. The molecule has 1 aromatic carbocycles. The van der Waals surface area contributed by atoms with E-state index in [4.69, 9.17) is 5.73 Å². The molecule has 1 aliphatic heterocycles. The maximum atomic E-state index is 12.1. The lowest BCUT2D eigenvalue weighted by molar-refractivity contribution is -0.132. The topological polar surface area (TPSA) is 83.6 Å². The Hall–Kier alpha value is -1.69. The van der Waals surface area contributed by atoms with E-state index in [1.165, 1.54) is 11.8 Å². The Bertz CT molecular complexity index is 507. The number of carbonyl (C=O) groups is 2. The zero-order valence-electron chi connectivity index (χ0n) is 11.1. The van der Waals surface area contributed by atoms with Gasteiger partial charge in [0.2, 0.25) is 11.8 Å². The molecule has 1 unspecified atom stereocenters. The third-order valence-electron chi connectivity index (χ3n) is 3.36. The predicted octanol–water partition coefficient (Wildman–Crippen LogP) is 1.21. The van der Waals surface area contributed by atoms with Gasteiger partial charge in [-0.25, -0.2) is 0 Å². The second kappa shape index (κ2) is 6.65. The van der Waals surface area contributed by atoms with Gasteiger partial charge in [0.25, 0.3) is 0 Å². The number of phenolic OH excluding ortho intramolecular Hbond substituents is 1. The van der Waals surface area contributed by atoms with Crippen LogP contribution in [-0.2, 0) is 9.59 Å². The zero-order valence-corrected chi connectivity index (χ0v) is 11.9. The average molecular weight is 294 g/mol. The van der Waals surface area contributed by atoms with Crippen molar-refractivity contribution in [2.45, 2.75) is 17.7 Å². The van der Waals surface area contributed by atoms with Gasteiger partial charge in [-0.1, -0.05) is 6.07 Å². The molecule has 20 heavy (non-hydrogen) atoms. The third-order valence-corrected chi connectivity index (χ3v) is 4.33. The molecule has 0 aromatic heterocycles. The summed E-state index contributed by atoms with van der Waals surface area (Å²) in [5.41, 5.74) is 5.30. The molecule has 0 spiro atoms. The standard InChI is InChI=1S/C14H18N2O3S/c15-14(19)10-3-2-6-16(8-10)13(18)9-20-12-5-1-4-11(17)7-12/h1,4-5,7,10,17H,2-3,6,8-9H2,(H2,15,19). The number of aromatic hydroxyl groups is 1. The molecule has 2 rings (SSSR count). The Morgan fingerprint density at radius 2 is 2.25 bits per heavy atom. The van der Waals surface area contributed by atoms with Crippen LogP contribution in [0.2, 0.25) is 0 Å². The van der Waals surface area contributed by atoms with E-state index in [0.29, 0.717) is 18.8 Å². The fourth-order valence-corrected chi connectivity index (χ4v) is 3.10. The Labute approximate surface area is 122 Å². The molecule has 1 aliphatic rings. The fourth-order valence-electron chi connectivity index (χ4n) is 2.25. The first-order valence-electron chi connectivity index (χ1n) is 6.55. The maximum absolute atomic E-state index is 12.1. The number of phenols is 1. The van der Waals surface area contributed by atoms with E-state index in [-0.39, 0.29) is 23.5 Å². The zero-order chi connectivity index (χ0) is 14.5. The van der Waals surface area contributed by atoms with Crippen molar-refractivity contribution >= 4 is 23.6 Å². The van der Waals surface area contributed by atoms with Crippen molar-refractivity contribution in [3.63, 3.8) is 0 Å². The number of benzene rings is 1. The van der Waals surface area contributed by atoms with Crippen molar-refractivity contribution in [3.8, 4) is 5.75 Å². The first-order chi connectivity index (χ1) is 9.56. The summed E-state index contributed by atoms with van der Waals surface area (Å²) >= 11 is 1.38. The van der Waals surface area contributed by atoms with Crippen molar-refractivity contribution in [3.05, 3.63) is 24.3 Å². The molecule has 1 saturated heterocycles. The van der Waals surface area contributed by atoms with E-state index >= 15 is 0 Å². The van der Waals surface area contributed by atoms with Gasteiger partial charge in [0.15, 0.2) is 0 Å². The Kier molecular flexibility index (Phi) is 4.89. The number of amides is 2. The first-order valence-corrected chi connectivity index (χ1v) is 7.54. The quantitative estimate of drug-likeness (QED) is 0.818. The minimum absolute atomic E-state index is 0.00397. The molecule has 1 atom stereocenters. The Morgan fingerprint density at radius 1 is 1.45 bits per heavy atom. The van der Waals surface area contributed by atoms with Crippen molar-refractivity contribution in [2.75, 3.05) is 18.8 Å². The number of likely N-dealkylation sites (tertiary alicyclic amines) is 1. The number of nitrogens with zero attached hydrogens (tertiary/aromatic N) is 1. The van der Waals surface area contributed by atoms with Gasteiger partial charge in [-0.2, -0.15) is 0 Å². The summed E-state index contributed by atoms with van der Waals surface area (Å²) in [7, 11) is 0. The van der Waals surface area contributed by atoms with Gasteiger partial charge >= 0.3 is 0 Å². The molecule has 1 heterocycles. The largest absolute Gasteiger partial charge is 0.508 e. The molecule has 0 aliphatic carbocycles. The van der Waals surface area contributed by atoms with E-state index in [1.54, 1.807) is 23.1 Å². The number of nitrogens with two attached hydrogens (primary N) is 1. The Balaban J connectivity index is 1.87. The molecule has 6 heteroatoms. The van der Waals surface area contributed by atoms with Crippen LogP contribution in [0.4, 0.5) is 0 Å². The molecule has 108 valence electrons. The van der Waals surface area contributed by atoms with Crippen molar-refractivity contribution in [2.24, 2.45) is 11.7 Å². The summed E-state index contributed by atoms with van der Waals surface area (Å²) in [6, 6.07) is 6.81. The highest BCUT2D eigenvalue weighted by atomic mass is 32.2. The minimum atomic E-state index is -0.330. The monoisotopic (exact) mass is 294 g/mol. The summed E-state index contributed by atoms with van der Waals surface area (Å²) < 4.78 is 0. The average Bonchev–Trinajstić information content (AvgIpc) is 2.45. The van der Waals surface area contributed by atoms with Gasteiger partial charge in [0.05, 0.1) is 11.7 Å². The van der Waals surface area contributed by atoms with Crippen molar-refractivity contribution in [1.82, 2.24) is 4.90 Å².